The van der Waals surface area contributed by atoms with Crippen LogP contribution in [-0.4, -0.2) is 32.0 Å². The molecule has 0 aromatic carbocycles. The van der Waals surface area contributed by atoms with Gasteiger partial charge in [0, 0.05) is 23.5 Å². The summed E-state index contributed by atoms with van der Waals surface area (Å²) in [6.45, 7) is 1.07. The molecule has 90 valence electrons. The Labute approximate surface area is 99.8 Å². The second-order valence-corrected chi connectivity index (χ2v) is 7.48. The maximum Gasteiger partial charge on any atom is 0.152 e. The fraction of sp³-hybridized carbons (Fsp3) is 0.600. The van der Waals surface area contributed by atoms with Crippen LogP contribution >= 0.6 is 11.3 Å². The fourth-order valence-corrected chi connectivity index (χ4v) is 4.67. The molecule has 1 fully saturated rings. The summed E-state index contributed by atoms with van der Waals surface area (Å²) in [5.41, 5.74) is 5.29. The summed E-state index contributed by atoms with van der Waals surface area (Å²) in [4.78, 5) is 1.21. The van der Waals surface area contributed by atoms with Gasteiger partial charge in [0.2, 0.25) is 0 Å². The van der Waals surface area contributed by atoms with Crippen molar-refractivity contribution in [2.75, 3.05) is 18.1 Å². The molecule has 6 heteroatoms. The summed E-state index contributed by atoms with van der Waals surface area (Å²) < 4.78 is 22.9. The van der Waals surface area contributed by atoms with Gasteiger partial charge in [-0.05, 0) is 17.9 Å². The predicted molar refractivity (Wildman–Crippen MR) is 66.2 cm³/mol. The van der Waals surface area contributed by atoms with Crippen molar-refractivity contribution < 1.29 is 8.42 Å². The zero-order valence-corrected chi connectivity index (χ0v) is 10.6. The van der Waals surface area contributed by atoms with Crippen LogP contribution in [-0.2, 0) is 16.4 Å². The van der Waals surface area contributed by atoms with Crippen molar-refractivity contribution in [2.24, 2.45) is 5.73 Å². The highest BCUT2D eigenvalue weighted by Crippen LogP contribution is 2.23. The van der Waals surface area contributed by atoms with Crippen LogP contribution in [0.25, 0.3) is 0 Å². The van der Waals surface area contributed by atoms with E-state index in [9.17, 15) is 8.42 Å². The van der Waals surface area contributed by atoms with E-state index in [0.717, 1.165) is 0 Å². The van der Waals surface area contributed by atoms with Crippen molar-refractivity contribution in [3.05, 3.63) is 22.4 Å². The molecule has 3 N–H and O–H groups in total. The van der Waals surface area contributed by atoms with Gasteiger partial charge in [0.05, 0.1) is 11.5 Å². The van der Waals surface area contributed by atoms with Gasteiger partial charge in [-0.25, -0.2) is 8.42 Å². The van der Waals surface area contributed by atoms with Crippen molar-refractivity contribution in [1.29, 1.82) is 0 Å². The Morgan fingerprint density at radius 3 is 2.88 bits per heavy atom. The van der Waals surface area contributed by atoms with E-state index in [1.54, 1.807) is 11.3 Å². The third kappa shape index (κ3) is 2.63. The van der Waals surface area contributed by atoms with Gasteiger partial charge < -0.3 is 11.1 Å². The first kappa shape index (κ1) is 12.0. The molecule has 0 amide bonds. The second kappa shape index (κ2) is 4.44. The molecule has 1 aliphatic rings. The molecule has 0 bridgehead atoms. The molecule has 0 radical (unpaired) electrons. The third-order valence-corrected chi connectivity index (χ3v) is 5.69. The van der Waals surface area contributed by atoms with Gasteiger partial charge in [-0.1, -0.05) is 6.07 Å². The maximum atomic E-state index is 11.5. The molecule has 0 spiro atoms. The highest BCUT2D eigenvalue weighted by molar-refractivity contribution is 7.91. The summed E-state index contributed by atoms with van der Waals surface area (Å²) in [6, 6.07) is 4.02. The molecule has 2 heterocycles. The van der Waals surface area contributed by atoms with Crippen LogP contribution in [0.2, 0.25) is 0 Å². The standard InChI is InChI=1S/C10H16N2O2S2/c11-7-10(3-5-16(13,14)8-10)12-6-9-2-1-4-15-9/h1-2,4,12H,3,5-8,11H2. The summed E-state index contributed by atoms with van der Waals surface area (Å²) in [5, 5.41) is 5.32. The lowest BCUT2D eigenvalue weighted by Gasteiger charge is -2.27. The molecule has 1 aliphatic heterocycles. The fourth-order valence-electron chi connectivity index (χ4n) is 1.98. The van der Waals surface area contributed by atoms with Crippen molar-refractivity contribution in [3.8, 4) is 0 Å². The van der Waals surface area contributed by atoms with E-state index in [4.69, 9.17) is 5.73 Å². The Bertz CT molecular complexity index is 441. The lowest BCUT2D eigenvalue weighted by Crippen LogP contribution is -2.51. The molecule has 0 aliphatic carbocycles. The summed E-state index contributed by atoms with van der Waals surface area (Å²) >= 11 is 1.66. The number of rotatable bonds is 4. The zero-order valence-electron chi connectivity index (χ0n) is 8.98. The van der Waals surface area contributed by atoms with Gasteiger partial charge in [0.1, 0.15) is 0 Å². The Hall–Kier alpha value is -0.430. The van der Waals surface area contributed by atoms with E-state index in [2.05, 4.69) is 5.32 Å². The van der Waals surface area contributed by atoms with E-state index in [0.29, 0.717) is 19.5 Å². The van der Waals surface area contributed by atoms with E-state index in [1.807, 2.05) is 17.5 Å². The molecule has 1 aromatic rings. The molecule has 1 unspecified atom stereocenters. The molecule has 2 rings (SSSR count). The van der Waals surface area contributed by atoms with Gasteiger partial charge >= 0.3 is 0 Å². The smallest absolute Gasteiger partial charge is 0.152 e. The summed E-state index contributed by atoms with van der Waals surface area (Å²) in [5.74, 6) is 0.420. The molecule has 1 saturated heterocycles. The molecule has 4 nitrogen and oxygen atoms in total. The van der Waals surface area contributed by atoms with Crippen LogP contribution in [0.3, 0.4) is 0 Å². The molecule has 16 heavy (non-hydrogen) atoms. The lowest BCUT2D eigenvalue weighted by molar-refractivity contribution is 0.371. The Kier molecular flexibility index (Phi) is 3.34. The average molecular weight is 260 g/mol. The van der Waals surface area contributed by atoms with E-state index >= 15 is 0 Å². The topological polar surface area (TPSA) is 72.2 Å². The third-order valence-electron chi connectivity index (χ3n) is 3.00. The highest BCUT2D eigenvalue weighted by atomic mass is 32.2. The predicted octanol–water partition coefficient (Wildman–Crippen LogP) is 0.354. The van der Waals surface area contributed by atoms with Gasteiger partial charge in [-0.3, -0.25) is 0 Å². The maximum absolute atomic E-state index is 11.5. The van der Waals surface area contributed by atoms with Crippen molar-refractivity contribution in [3.63, 3.8) is 0 Å². The van der Waals surface area contributed by atoms with E-state index in [-0.39, 0.29) is 11.5 Å². The van der Waals surface area contributed by atoms with Crippen LogP contribution < -0.4 is 11.1 Å². The number of hydrogen-bond acceptors (Lipinski definition) is 5. The van der Waals surface area contributed by atoms with Gasteiger partial charge in [0.25, 0.3) is 0 Å². The van der Waals surface area contributed by atoms with Crippen LogP contribution in [0.5, 0.6) is 0 Å². The lowest BCUT2D eigenvalue weighted by atomic mass is 9.99. The minimum atomic E-state index is -2.90. The Balaban J connectivity index is 2.01. The van der Waals surface area contributed by atoms with Crippen LogP contribution in [0.4, 0.5) is 0 Å². The van der Waals surface area contributed by atoms with Crippen LogP contribution in [0.15, 0.2) is 17.5 Å². The van der Waals surface area contributed by atoms with E-state index < -0.39 is 15.4 Å². The second-order valence-electron chi connectivity index (χ2n) is 4.26. The van der Waals surface area contributed by atoms with Gasteiger partial charge in [0.15, 0.2) is 9.84 Å². The molecule has 1 atom stereocenters. The summed E-state index contributed by atoms with van der Waals surface area (Å²) in [7, 11) is -2.90. The molecule has 1 aromatic heterocycles. The van der Waals surface area contributed by atoms with Gasteiger partial charge in [-0.2, -0.15) is 0 Å². The first-order chi connectivity index (χ1) is 7.55. The number of nitrogens with one attached hydrogen (secondary N) is 1. The summed E-state index contributed by atoms with van der Waals surface area (Å²) in [6.07, 6.45) is 0.622. The number of hydrogen-bond donors (Lipinski definition) is 2. The number of sulfone groups is 1. The minimum absolute atomic E-state index is 0.169. The van der Waals surface area contributed by atoms with Crippen molar-refractivity contribution >= 4 is 21.2 Å². The first-order valence-electron chi connectivity index (χ1n) is 5.23. The quantitative estimate of drug-likeness (QED) is 0.819. The Morgan fingerprint density at radius 2 is 2.38 bits per heavy atom. The van der Waals surface area contributed by atoms with Crippen molar-refractivity contribution in [2.45, 2.75) is 18.5 Å². The van der Waals surface area contributed by atoms with Gasteiger partial charge in [-0.15, -0.1) is 11.3 Å². The normalized spacial score (nSPS) is 28.3. The zero-order chi connectivity index (χ0) is 11.6. The number of nitrogens with two attached hydrogens (primary N) is 1. The van der Waals surface area contributed by atoms with Crippen LogP contribution in [0.1, 0.15) is 11.3 Å². The first-order valence-corrected chi connectivity index (χ1v) is 7.93. The highest BCUT2D eigenvalue weighted by Gasteiger charge is 2.40. The minimum Gasteiger partial charge on any atom is -0.329 e. The molecular weight excluding hydrogens is 244 g/mol. The van der Waals surface area contributed by atoms with E-state index in [1.165, 1.54) is 4.88 Å². The largest absolute Gasteiger partial charge is 0.329 e. The Morgan fingerprint density at radius 1 is 1.56 bits per heavy atom. The van der Waals surface area contributed by atoms with Crippen molar-refractivity contribution in [1.82, 2.24) is 5.32 Å². The molecular formula is C10H16N2O2S2. The SMILES string of the molecule is NCC1(NCc2cccs2)CCS(=O)(=O)C1. The van der Waals surface area contributed by atoms with Crippen LogP contribution in [0, 0.1) is 0 Å². The molecule has 0 saturated carbocycles. The monoisotopic (exact) mass is 260 g/mol. The number of thiophene rings is 1. The average Bonchev–Trinajstić information content (AvgIpc) is 2.84.